The third-order valence-corrected chi connectivity index (χ3v) is 14.6. The Kier molecular flexibility index (Phi) is 11.5. The molecular weight excluding hydrogens is 810 g/mol. The first kappa shape index (κ1) is 37.1. The zero-order valence-electron chi connectivity index (χ0n) is 29.0. The second-order valence-corrected chi connectivity index (χ2v) is 16.3. The van der Waals surface area contributed by atoms with Gasteiger partial charge in [0.25, 0.3) is 0 Å². The molecule has 2 nitrogen and oxygen atoms in total. The first-order chi connectivity index (χ1) is 25.3. The Labute approximate surface area is 363 Å². The van der Waals surface area contributed by atoms with Gasteiger partial charge in [-0.25, -0.2) is 0 Å². The standard InChI is InChI=1S/C48H32N2Si.2Y/c1-5-19-37(20-6-1)49(38-21-7-2-8-22-38)41-27-17-29-43(35-41)51(47-33-15-13-31-45(47)46-32-14-16-34-48(46)51)44-30-18-28-42(36-44)50(39-23-9-3-10-24-39)40-25-11-4-12-26-40;;/h1-19,21,23,25,27-36H;;/q-4;;. The van der Waals surface area contributed by atoms with Crippen LogP contribution in [0.25, 0.3) is 11.1 Å². The average molecular weight is 843 g/mol. The van der Waals surface area contributed by atoms with Crippen molar-refractivity contribution in [3.63, 3.8) is 0 Å². The fraction of sp³-hybridized carbons (Fsp3) is 0. The summed E-state index contributed by atoms with van der Waals surface area (Å²) in [6, 6.07) is 83.0. The second kappa shape index (κ2) is 16.4. The van der Waals surface area contributed by atoms with Crippen LogP contribution in [-0.2, 0) is 65.4 Å². The van der Waals surface area contributed by atoms with E-state index in [2.05, 4.69) is 180 Å². The van der Waals surface area contributed by atoms with Gasteiger partial charge < -0.3 is 9.80 Å². The van der Waals surface area contributed by atoms with Crippen LogP contribution in [-0.4, -0.2) is 8.07 Å². The number of hydrogen-bond donors (Lipinski definition) is 0. The largest absolute Gasteiger partial charge is 0.359 e. The molecule has 0 aliphatic carbocycles. The predicted octanol–water partition coefficient (Wildman–Crippen LogP) is 9.18. The van der Waals surface area contributed by atoms with E-state index in [0.29, 0.717) is 0 Å². The fourth-order valence-electron chi connectivity index (χ4n) is 7.69. The van der Waals surface area contributed by atoms with E-state index in [1.807, 2.05) is 48.5 Å². The Bertz CT molecular complexity index is 2190. The average Bonchev–Trinajstić information content (AvgIpc) is 3.51. The molecule has 248 valence electrons. The molecule has 0 N–H and O–H groups in total. The van der Waals surface area contributed by atoms with E-state index in [4.69, 9.17) is 0 Å². The van der Waals surface area contributed by atoms with Crippen molar-refractivity contribution in [2.75, 3.05) is 9.80 Å². The van der Waals surface area contributed by atoms with Crippen LogP contribution in [0.2, 0.25) is 0 Å². The van der Waals surface area contributed by atoms with Gasteiger partial charge >= 0.3 is 0 Å². The maximum absolute atomic E-state index is 3.48. The number of rotatable bonds is 8. The normalized spacial score (nSPS) is 12.0. The van der Waals surface area contributed by atoms with Gasteiger partial charge in [-0.3, -0.25) is 0 Å². The first-order valence-corrected chi connectivity index (χ1v) is 19.2. The van der Waals surface area contributed by atoms with Gasteiger partial charge in [-0.2, -0.15) is 97.1 Å². The summed E-state index contributed by atoms with van der Waals surface area (Å²) in [5.74, 6) is 0. The number of benzene rings is 8. The van der Waals surface area contributed by atoms with Crippen LogP contribution in [0.15, 0.2) is 194 Å². The van der Waals surface area contributed by atoms with Crippen molar-refractivity contribution in [3.8, 4) is 11.1 Å². The number of fused-ring (bicyclic) bond motifs is 3. The molecule has 0 bridgehead atoms. The molecule has 8 aromatic carbocycles. The zero-order chi connectivity index (χ0) is 34.0. The molecule has 0 saturated heterocycles. The van der Waals surface area contributed by atoms with Crippen LogP contribution in [0, 0.1) is 24.3 Å². The molecule has 5 heteroatoms. The molecular formula is C48H32N2SiY2-4. The van der Waals surface area contributed by atoms with Crippen molar-refractivity contribution in [3.05, 3.63) is 218 Å². The van der Waals surface area contributed by atoms with E-state index in [9.17, 15) is 0 Å². The molecule has 0 aromatic heterocycles. The summed E-state index contributed by atoms with van der Waals surface area (Å²) in [6.45, 7) is 0. The molecule has 8 aromatic rings. The van der Waals surface area contributed by atoms with Crippen LogP contribution in [0.4, 0.5) is 34.1 Å². The van der Waals surface area contributed by atoms with E-state index in [1.165, 1.54) is 31.9 Å². The number of anilines is 6. The van der Waals surface area contributed by atoms with Gasteiger partial charge in [0, 0.05) is 76.8 Å². The Morgan fingerprint density at radius 1 is 0.340 bits per heavy atom. The Morgan fingerprint density at radius 2 is 0.679 bits per heavy atom. The van der Waals surface area contributed by atoms with Crippen molar-refractivity contribution in [1.29, 1.82) is 0 Å². The number of hydrogen-bond acceptors (Lipinski definition) is 2. The molecule has 0 saturated carbocycles. The molecule has 0 fully saturated rings. The molecule has 53 heavy (non-hydrogen) atoms. The molecule has 9 rings (SSSR count). The van der Waals surface area contributed by atoms with E-state index in [-0.39, 0.29) is 65.4 Å². The maximum Gasteiger partial charge on any atom is 0.181 e. The SMILES string of the molecule is [Y].[Y].[c-]1ccccc1N(c1[c-]cccc1)c1cccc([Si]2(c3cccc(N(c4[c-]cccc4)c4[c-]cccc4)c3)c3ccccc3-c3ccccc32)c1. The summed E-state index contributed by atoms with van der Waals surface area (Å²) in [5.41, 5.74) is 8.64. The minimum atomic E-state index is -2.88. The van der Waals surface area contributed by atoms with Crippen LogP contribution < -0.4 is 30.5 Å². The van der Waals surface area contributed by atoms with Crippen molar-refractivity contribution in [2.45, 2.75) is 0 Å². The van der Waals surface area contributed by atoms with Gasteiger partial charge in [-0.05, 0) is 56.1 Å². The van der Waals surface area contributed by atoms with Crippen LogP contribution >= 0.6 is 0 Å². The van der Waals surface area contributed by atoms with Crippen molar-refractivity contribution in [1.82, 2.24) is 0 Å². The fourth-order valence-corrected chi connectivity index (χ4v) is 12.9. The molecule has 0 unspecified atom stereocenters. The molecule has 2 radical (unpaired) electrons. The quantitative estimate of drug-likeness (QED) is 0.111. The van der Waals surface area contributed by atoms with Gasteiger partial charge in [0.1, 0.15) is 0 Å². The van der Waals surface area contributed by atoms with Crippen LogP contribution in [0.1, 0.15) is 0 Å². The van der Waals surface area contributed by atoms with Crippen LogP contribution in [0.3, 0.4) is 0 Å². The Morgan fingerprint density at radius 3 is 1.02 bits per heavy atom. The van der Waals surface area contributed by atoms with E-state index < -0.39 is 8.07 Å². The molecule has 0 amide bonds. The smallest absolute Gasteiger partial charge is 0.181 e. The van der Waals surface area contributed by atoms with Gasteiger partial charge in [-0.1, -0.05) is 95.5 Å². The Balaban J connectivity index is 0.00000218. The monoisotopic (exact) mass is 842 g/mol. The third kappa shape index (κ3) is 6.75. The number of para-hydroxylation sites is 4. The third-order valence-electron chi connectivity index (χ3n) is 9.76. The predicted molar refractivity (Wildman–Crippen MR) is 214 cm³/mol. The molecule has 1 aliphatic rings. The van der Waals surface area contributed by atoms with Gasteiger partial charge in [0.2, 0.25) is 0 Å². The summed E-state index contributed by atoms with van der Waals surface area (Å²) < 4.78 is 0. The van der Waals surface area contributed by atoms with Gasteiger partial charge in [0.15, 0.2) is 8.07 Å². The molecule has 0 atom stereocenters. The topological polar surface area (TPSA) is 6.48 Å². The van der Waals surface area contributed by atoms with E-state index >= 15 is 0 Å². The second-order valence-electron chi connectivity index (χ2n) is 12.6. The van der Waals surface area contributed by atoms with Gasteiger partial charge in [-0.15, -0.1) is 24.3 Å². The van der Waals surface area contributed by atoms with Gasteiger partial charge in [0.05, 0.1) is 0 Å². The molecule has 0 spiro atoms. The van der Waals surface area contributed by atoms with Crippen molar-refractivity contribution >= 4 is 62.9 Å². The minimum absolute atomic E-state index is 0. The molecule has 1 aliphatic heterocycles. The Hall–Kier alpha value is -4.22. The summed E-state index contributed by atoms with van der Waals surface area (Å²) >= 11 is 0. The number of nitrogens with zero attached hydrogens (tertiary/aromatic N) is 2. The first-order valence-electron chi connectivity index (χ1n) is 17.2. The van der Waals surface area contributed by atoms with E-state index in [1.54, 1.807) is 0 Å². The van der Waals surface area contributed by atoms with Crippen molar-refractivity contribution in [2.24, 2.45) is 0 Å². The van der Waals surface area contributed by atoms with Crippen molar-refractivity contribution < 1.29 is 65.4 Å². The van der Waals surface area contributed by atoms with E-state index in [0.717, 1.165) is 34.1 Å². The molecule has 1 heterocycles. The summed E-state index contributed by atoms with van der Waals surface area (Å²) in [7, 11) is -2.88. The summed E-state index contributed by atoms with van der Waals surface area (Å²) in [4.78, 5) is 4.51. The zero-order valence-corrected chi connectivity index (χ0v) is 35.7. The summed E-state index contributed by atoms with van der Waals surface area (Å²) in [6.07, 6.45) is 0. The van der Waals surface area contributed by atoms with Crippen LogP contribution in [0.5, 0.6) is 0 Å². The minimum Gasteiger partial charge on any atom is -0.359 e. The summed E-state index contributed by atoms with van der Waals surface area (Å²) in [5, 5.41) is 5.42. The maximum atomic E-state index is 3.48.